The minimum absolute atomic E-state index is 0.246. The van der Waals surface area contributed by atoms with E-state index in [-0.39, 0.29) is 12.0 Å². The number of nitrogens with zero attached hydrogens (tertiary/aromatic N) is 1. The highest BCUT2D eigenvalue weighted by atomic mass is 16.5. The van der Waals surface area contributed by atoms with Gasteiger partial charge in [0.15, 0.2) is 0 Å². The third-order valence-corrected chi connectivity index (χ3v) is 5.20. The molecule has 0 heterocycles. The average Bonchev–Trinajstić information content (AvgIpc) is 2.68. The van der Waals surface area contributed by atoms with Crippen LogP contribution in [0, 0.1) is 13.8 Å². The van der Waals surface area contributed by atoms with E-state index in [0.29, 0.717) is 13.2 Å². The molecule has 3 aromatic carbocycles. The molecule has 1 atom stereocenters. The molecule has 146 valence electrons. The Balaban J connectivity index is 1.81. The van der Waals surface area contributed by atoms with Gasteiger partial charge in [0.2, 0.25) is 0 Å². The third kappa shape index (κ3) is 5.31. The van der Waals surface area contributed by atoms with Crippen LogP contribution in [0.2, 0.25) is 0 Å². The standard InChI is InChI=1S/C26H31NO/c1-20-15-21(2)17-22(16-20)18-28-19-25(27(3)4)26(23-11-7-5-8-12-23)24-13-9-6-10-14-24/h5-17,25-26H,18-19H2,1-4H3/t25-/m0/s1. The molecule has 0 aliphatic rings. The second-order valence-corrected chi connectivity index (χ2v) is 7.84. The monoisotopic (exact) mass is 373 g/mol. The Morgan fingerprint density at radius 3 is 1.71 bits per heavy atom. The van der Waals surface area contributed by atoms with Crippen LogP contribution in [0.1, 0.15) is 33.7 Å². The minimum atomic E-state index is 0.246. The first-order chi connectivity index (χ1) is 13.5. The number of ether oxygens (including phenoxy) is 1. The quantitative estimate of drug-likeness (QED) is 0.511. The van der Waals surface area contributed by atoms with Crippen LogP contribution < -0.4 is 0 Å². The fourth-order valence-corrected chi connectivity index (χ4v) is 3.95. The van der Waals surface area contributed by atoms with E-state index in [1.54, 1.807) is 0 Å². The van der Waals surface area contributed by atoms with E-state index in [2.05, 4.69) is 112 Å². The normalized spacial score (nSPS) is 12.5. The molecule has 0 radical (unpaired) electrons. The molecule has 0 N–H and O–H groups in total. The average molecular weight is 374 g/mol. The molecule has 2 heteroatoms. The van der Waals surface area contributed by atoms with Gasteiger partial charge in [-0.15, -0.1) is 0 Å². The van der Waals surface area contributed by atoms with E-state index in [4.69, 9.17) is 4.74 Å². The predicted octanol–water partition coefficient (Wildman–Crippen LogP) is 5.58. The number of rotatable bonds is 8. The second-order valence-electron chi connectivity index (χ2n) is 7.84. The predicted molar refractivity (Wildman–Crippen MR) is 118 cm³/mol. The zero-order valence-corrected chi connectivity index (χ0v) is 17.4. The molecular weight excluding hydrogens is 342 g/mol. The highest BCUT2D eigenvalue weighted by Gasteiger charge is 2.27. The number of hydrogen-bond donors (Lipinski definition) is 0. The summed E-state index contributed by atoms with van der Waals surface area (Å²) in [5.74, 6) is 0.261. The largest absolute Gasteiger partial charge is 0.375 e. The van der Waals surface area contributed by atoms with Gasteiger partial charge >= 0.3 is 0 Å². The van der Waals surface area contributed by atoms with Gasteiger partial charge in [-0.2, -0.15) is 0 Å². The molecule has 0 unspecified atom stereocenters. The maximum atomic E-state index is 6.24. The zero-order chi connectivity index (χ0) is 19.9. The van der Waals surface area contributed by atoms with E-state index < -0.39 is 0 Å². The number of likely N-dealkylation sites (N-methyl/N-ethyl adjacent to an activating group) is 1. The van der Waals surface area contributed by atoms with E-state index in [1.807, 2.05) is 0 Å². The highest BCUT2D eigenvalue weighted by molar-refractivity contribution is 5.34. The third-order valence-electron chi connectivity index (χ3n) is 5.20. The van der Waals surface area contributed by atoms with Gasteiger partial charge in [-0.25, -0.2) is 0 Å². The van der Waals surface area contributed by atoms with Crippen molar-refractivity contribution in [3.05, 3.63) is 107 Å². The van der Waals surface area contributed by atoms with Crippen molar-refractivity contribution in [1.29, 1.82) is 0 Å². The molecule has 0 saturated carbocycles. The van der Waals surface area contributed by atoms with Gasteiger partial charge in [-0.1, -0.05) is 90.0 Å². The van der Waals surface area contributed by atoms with Crippen molar-refractivity contribution < 1.29 is 4.74 Å². The Morgan fingerprint density at radius 1 is 0.750 bits per heavy atom. The molecule has 3 rings (SSSR count). The summed E-state index contributed by atoms with van der Waals surface area (Å²) in [5.41, 5.74) is 6.46. The lowest BCUT2D eigenvalue weighted by Gasteiger charge is -2.33. The van der Waals surface area contributed by atoms with Crippen LogP contribution in [-0.2, 0) is 11.3 Å². The molecule has 0 fully saturated rings. The molecule has 0 amide bonds. The van der Waals surface area contributed by atoms with Gasteiger partial charge in [0, 0.05) is 12.0 Å². The van der Waals surface area contributed by atoms with Crippen LogP contribution in [-0.4, -0.2) is 31.6 Å². The van der Waals surface area contributed by atoms with Crippen molar-refractivity contribution in [2.45, 2.75) is 32.4 Å². The summed E-state index contributed by atoms with van der Waals surface area (Å²) in [4.78, 5) is 2.28. The highest BCUT2D eigenvalue weighted by Crippen LogP contribution is 2.30. The maximum absolute atomic E-state index is 6.24. The smallest absolute Gasteiger partial charge is 0.0717 e. The lowest BCUT2D eigenvalue weighted by molar-refractivity contribution is 0.0624. The topological polar surface area (TPSA) is 12.5 Å². The van der Waals surface area contributed by atoms with Crippen molar-refractivity contribution in [3.63, 3.8) is 0 Å². The summed E-state index contributed by atoms with van der Waals surface area (Å²) < 4.78 is 6.24. The Bertz CT molecular complexity index is 798. The first-order valence-electron chi connectivity index (χ1n) is 9.96. The van der Waals surface area contributed by atoms with Crippen LogP contribution >= 0.6 is 0 Å². The van der Waals surface area contributed by atoms with Crippen LogP contribution in [0.15, 0.2) is 78.9 Å². The van der Waals surface area contributed by atoms with Gasteiger partial charge in [0.1, 0.15) is 0 Å². The van der Waals surface area contributed by atoms with Crippen molar-refractivity contribution >= 4 is 0 Å². The summed E-state index contributed by atoms with van der Waals surface area (Å²) in [6.45, 7) is 5.59. The van der Waals surface area contributed by atoms with Gasteiger partial charge < -0.3 is 9.64 Å². The number of aryl methyl sites for hydroxylation is 2. The SMILES string of the molecule is Cc1cc(C)cc(COC[C@@H](C(c2ccccc2)c2ccccc2)N(C)C)c1. The van der Waals surface area contributed by atoms with Gasteiger partial charge in [0.25, 0.3) is 0 Å². The first kappa shape index (κ1) is 20.3. The molecule has 0 aromatic heterocycles. The summed E-state index contributed by atoms with van der Waals surface area (Å²) in [6, 6.07) is 28.4. The summed E-state index contributed by atoms with van der Waals surface area (Å²) in [6.07, 6.45) is 0. The molecule has 0 saturated heterocycles. The lowest BCUT2D eigenvalue weighted by atomic mass is 9.85. The number of hydrogen-bond acceptors (Lipinski definition) is 2. The van der Waals surface area contributed by atoms with Gasteiger partial charge in [-0.05, 0) is 44.6 Å². The van der Waals surface area contributed by atoms with E-state index >= 15 is 0 Å². The molecule has 28 heavy (non-hydrogen) atoms. The molecular formula is C26H31NO. The summed E-state index contributed by atoms with van der Waals surface area (Å²) in [5, 5.41) is 0. The summed E-state index contributed by atoms with van der Waals surface area (Å²) in [7, 11) is 4.29. The Labute approximate surface area is 169 Å². The molecule has 0 aliphatic carbocycles. The molecule has 3 aromatic rings. The first-order valence-corrected chi connectivity index (χ1v) is 9.96. The Hall–Kier alpha value is -2.42. The van der Waals surface area contributed by atoms with Crippen molar-refractivity contribution in [2.75, 3.05) is 20.7 Å². The molecule has 0 spiro atoms. The fourth-order valence-electron chi connectivity index (χ4n) is 3.95. The van der Waals surface area contributed by atoms with Gasteiger partial charge in [0.05, 0.1) is 13.2 Å². The van der Waals surface area contributed by atoms with Crippen molar-refractivity contribution in [3.8, 4) is 0 Å². The van der Waals surface area contributed by atoms with Crippen LogP contribution in [0.3, 0.4) is 0 Å². The Morgan fingerprint density at radius 2 is 1.25 bits per heavy atom. The Kier molecular flexibility index (Phi) is 7.02. The molecule has 0 bridgehead atoms. The van der Waals surface area contributed by atoms with Gasteiger partial charge in [-0.3, -0.25) is 0 Å². The van der Waals surface area contributed by atoms with Crippen LogP contribution in [0.4, 0.5) is 0 Å². The van der Waals surface area contributed by atoms with E-state index in [9.17, 15) is 0 Å². The summed E-state index contributed by atoms with van der Waals surface area (Å²) >= 11 is 0. The number of benzene rings is 3. The second kappa shape index (κ2) is 9.68. The molecule has 0 aliphatic heterocycles. The lowest BCUT2D eigenvalue weighted by Crippen LogP contribution is -2.38. The van der Waals surface area contributed by atoms with Crippen LogP contribution in [0.5, 0.6) is 0 Å². The minimum Gasteiger partial charge on any atom is -0.375 e. The van der Waals surface area contributed by atoms with E-state index in [1.165, 1.54) is 27.8 Å². The van der Waals surface area contributed by atoms with Crippen molar-refractivity contribution in [2.24, 2.45) is 0 Å². The van der Waals surface area contributed by atoms with Crippen molar-refractivity contribution in [1.82, 2.24) is 4.90 Å². The fraction of sp³-hybridized carbons (Fsp3) is 0.308. The van der Waals surface area contributed by atoms with E-state index in [0.717, 1.165) is 0 Å². The maximum Gasteiger partial charge on any atom is 0.0717 e. The van der Waals surface area contributed by atoms with Crippen LogP contribution in [0.25, 0.3) is 0 Å². The molecule has 2 nitrogen and oxygen atoms in total. The zero-order valence-electron chi connectivity index (χ0n) is 17.4.